The standard InChI is InChI=1S/C20H40O2Si/c1-19(2,3)15-9-11-17(13-15)23(21-7,22-8)18-12-10-16(14-18)20(4,5)6/h15-18H,9-14H2,1-8H3. The van der Waals surface area contributed by atoms with Gasteiger partial charge in [-0.25, -0.2) is 0 Å². The Labute approximate surface area is 146 Å². The van der Waals surface area contributed by atoms with E-state index in [-0.39, 0.29) is 0 Å². The van der Waals surface area contributed by atoms with Crippen molar-refractivity contribution in [3.05, 3.63) is 0 Å². The van der Waals surface area contributed by atoms with Gasteiger partial charge in [0.2, 0.25) is 0 Å². The van der Waals surface area contributed by atoms with E-state index in [2.05, 4.69) is 41.5 Å². The predicted molar refractivity (Wildman–Crippen MR) is 101 cm³/mol. The van der Waals surface area contributed by atoms with Crippen LogP contribution < -0.4 is 0 Å². The average molecular weight is 341 g/mol. The number of hydrogen-bond donors (Lipinski definition) is 0. The second kappa shape index (κ2) is 6.80. The van der Waals surface area contributed by atoms with Crippen molar-refractivity contribution in [3.63, 3.8) is 0 Å². The van der Waals surface area contributed by atoms with Crippen molar-refractivity contribution >= 4 is 8.56 Å². The fourth-order valence-electron chi connectivity index (χ4n) is 5.35. The van der Waals surface area contributed by atoms with Gasteiger partial charge in [0.25, 0.3) is 0 Å². The third-order valence-corrected chi connectivity index (χ3v) is 11.7. The Morgan fingerprint density at radius 1 is 0.652 bits per heavy atom. The average Bonchev–Trinajstić information content (AvgIpc) is 3.08. The van der Waals surface area contributed by atoms with E-state index in [0.29, 0.717) is 21.9 Å². The van der Waals surface area contributed by atoms with Gasteiger partial charge in [0.05, 0.1) is 0 Å². The van der Waals surface area contributed by atoms with Gasteiger partial charge in [-0.1, -0.05) is 41.5 Å². The van der Waals surface area contributed by atoms with Crippen LogP contribution in [0.25, 0.3) is 0 Å². The lowest BCUT2D eigenvalue weighted by Gasteiger charge is -2.39. The van der Waals surface area contributed by atoms with E-state index in [0.717, 1.165) is 11.8 Å². The molecule has 4 atom stereocenters. The van der Waals surface area contributed by atoms with Crippen LogP contribution in [-0.2, 0) is 8.85 Å². The Balaban J connectivity index is 2.15. The van der Waals surface area contributed by atoms with Crippen molar-refractivity contribution in [3.8, 4) is 0 Å². The summed E-state index contributed by atoms with van der Waals surface area (Å²) in [6.07, 6.45) is 7.96. The van der Waals surface area contributed by atoms with Crippen LogP contribution in [0, 0.1) is 22.7 Å². The van der Waals surface area contributed by atoms with Gasteiger partial charge in [-0.05, 0) is 61.2 Å². The van der Waals surface area contributed by atoms with Crippen molar-refractivity contribution in [2.75, 3.05) is 14.2 Å². The zero-order chi connectivity index (χ0) is 17.5. The maximum absolute atomic E-state index is 6.29. The highest BCUT2D eigenvalue weighted by molar-refractivity contribution is 6.70. The Bertz CT molecular complexity index is 355. The summed E-state index contributed by atoms with van der Waals surface area (Å²) in [6, 6.07) is 0. The minimum atomic E-state index is -2.12. The topological polar surface area (TPSA) is 18.5 Å². The van der Waals surface area contributed by atoms with Crippen LogP contribution >= 0.6 is 0 Å². The zero-order valence-corrected chi connectivity index (χ0v) is 17.9. The molecule has 0 aromatic carbocycles. The molecule has 0 aromatic rings. The molecule has 0 radical (unpaired) electrons. The van der Waals surface area contributed by atoms with E-state index >= 15 is 0 Å². The molecule has 0 bridgehead atoms. The Kier molecular flexibility index (Phi) is 5.75. The molecule has 0 spiro atoms. The van der Waals surface area contributed by atoms with E-state index in [9.17, 15) is 0 Å². The molecule has 2 aliphatic carbocycles. The van der Waals surface area contributed by atoms with Gasteiger partial charge < -0.3 is 8.85 Å². The Morgan fingerprint density at radius 3 is 1.22 bits per heavy atom. The normalized spacial score (nSPS) is 33.4. The van der Waals surface area contributed by atoms with Crippen LogP contribution in [0.2, 0.25) is 11.1 Å². The first-order valence-electron chi connectivity index (χ1n) is 9.65. The van der Waals surface area contributed by atoms with Crippen LogP contribution in [0.3, 0.4) is 0 Å². The fraction of sp³-hybridized carbons (Fsp3) is 1.00. The fourth-order valence-corrected chi connectivity index (χ4v) is 9.88. The van der Waals surface area contributed by atoms with E-state index in [1.54, 1.807) is 0 Å². The predicted octanol–water partition coefficient (Wildman–Crippen LogP) is 6.15. The minimum Gasteiger partial charge on any atom is -0.397 e. The lowest BCUT2D eigenvalue weighted by molar-refractivity contribution is 0.199. The first-order chi connectivity index (χ1) is 10.5. The molecule has 0 aromatic heterocycles. The Hall–Kier alpha value is 0.137. The van der Waals surface area contributed by atoms with Gasteiger partial charge in [0, 0.05) is 25.3 Å². The van der Waals surface area contributed by atoms with Crippen LogP contribution in [0.15, 0.2) is 0 Å². The molecule has 0 N–H and O–H groups in total. The van der Waals surface area contributed by atoms with Crippen molar-refractivity contribution in [1.82, 2.24) is 0 Å². The smallest absolute Gasteiger partial charge is 0.344 e. The summed E-state index contributed by atoms with van der Waals surface area (Å²) < 4.78 is 12.6. The zero-order valence-electron chi connectivity index (χ0n) is 16.9. The van der Waals surface area contributed by atoms with Crippen molar-refractivity contribution in [2.24, 2.45) is 22.7 Å². The van der Waals surface area contributed by atoms with Crippen molar-refractivity contribution in [2.45, 2.75) is 91.1 Å². The maximum atomic E-state index is 6.29. The van der Waals surface area contributed by atoms with Crippen LogP contribution in [-0.4, -0.2) is 22.8 Å². The third kappa shape index (κ3) is 3.87. The maximum Gasteiger partial charge on any atom is 0.344 e. The molecule has 0 saturated heterocycles. The quantitative estimate of drug-likeness (QED) is 0.571. The highest BCUT2D eigenvalue weighted by Gasteiger charge is 2.56. The Morgan fingerprint density at radius 2 is 1.00 bits per heavy atom. The molecular weight excluding hydrogens is 300 g/mol. The summed E-state index contributed by atoms with van der Waals surface area (Å²) >= 11 is 0. The van der Waals surface area contributed by atoms with Gasteiger partial charge in [-0.3, -0.25) is 0 Å². The lowest BCUT2D eigenvalue weighted by Crippen LogP contribution is -2.48. The molecule has 3 heteroatoms. The molecule has 23 heavy (non-hydrogen) atoms. The number of hydrogen-bond acceptors (Lipinski definition) is 2. The molecule has 2 aliphatic rings. The summed E-state index contributed by atoms with van der Waals surface area (Å²) in [7, 11) is 1.75. The SMILES string of the molecule is CO[Si](OC)(C1CCC(C(C)(C)C)C1)C1CCC(C(C)(C)C)C1. The molecule has 2 saturated carbocycles. The van der Waals surface area contributed by atoms with Crippen LogP contribution in [0.4, 0.5) is 0 Å². The molecule has 0 aliphatic heterocycles. The van der Waals surface area contributed by atoms with Gasteiger partial charge >= 0.3 is 8.56 Å². The van der Waals surface area contributed by atoms with E-state index in [4.69, 9.17) is 8.85 Å². The summed E-state index contributed by atoms with van der Waals surface area (Å²) in [4.78, 5) is 0. The monoisotopic (exact) mass is 340 g/mol. The third-order valence-electron chi connectivity index (χ3n) is 7.09. The summed E-state index contributed by atoms with van der Waals surface area (Å²) in [6.45, 7) is 14.4. The largest absolute Gasteiger partial charge is 0.397 e. The van der Waals surface area contributed by atoms with Gasteiger partial charge in [0.1, 0.15) is 0 Å². The molecule has 2 nitrogen and oxygen atoms in total. The second-order valence-electron chi connectivity index (χ2n) is 10.3. The second-order valence-corrected chi connectivity index (χ2v) is 14.2. The molecule has 2 rings (SSSR count). The van der Waals surface area contributed by atoms with Crippen LogP contribution in [0.1, 0.15) is 80.1 Å². The van der Waals surface area contributed by atoms with Crippen molar-refractivity contribution < 1.29 is 8.85 Å². The van der Waals surface area contributed by atoms with E-state index in [1.807, 2.05) is 14.2 Å². The summed E-state index contributed by atoms with van der Waals surface area (Å²) in [5, 5.41) is 0. The number of rotatable bonds is 4. The first kappa shape index (κ1) is 19.5. The van der Waals surface area contributed by atoms with Gasteiger partial charge in [0.15, 0.2) is 0 Å². The molecular formula is C20H40O2Si. The minimum absolute atomic E-state index is 0.417. The van der Waals surface area contributed by atoms with Crippen molar-refractivity contribution in [1.29, 1.82) is 0 Å². The van der Waals surface area contributed by atoms with Crippen LogP contribution in [0.5, 0.6) is 0 Å². The molecule has 0 amide bonds. The highest BCUT2D eigenvalue weighted by Crippen LogP contribution is 2.57. The highest BCUT2D eigenvalue weighted by atomic mass is 28.4. The summed E-state index contributed by atoms with van der Waals surface area (Å²) in [5.74, 6) is 1.65. The van der Waals surface area contributed by atoms with Gasteiger partial charge in [-0.15, -0.1) is 0 Å². The van der Waals surface area contributed by atoms with E-state index < -0.39 is 8.56 Å². The summed E-state index contributed by atoms with van der Waals surface area (Å²) in [5.41, 5.74) is 2.20. The van der Waals surface area contributed by atoms with E-state index in [1.165, 1.54) is 38.5 Å². The lowest BCUT2D eigenvalue weighted by atomic mass is 9.80. The molecule has 4 unspecified atom stereocenters. The molecule has 2 fully saturated rings. The first-order valence-corrected chi connectivity index (χ1v) is 11.6. The molecule has 0 heterocycles. The van der Waals surface area contributed by atoms with Gasteiger partial charge in [-0.2, -0.15) is 0 Å². The molecule has 136 valence electrons.